The van der Waals surface area contributed by atoms with Crippen molar-refractivity contribution in [2.45, 2.75) is 6.42 Å². The molecule has 5 rings (SSSR count). The summed E-state index contributed by atoms with van der Waals surface area (Å²) in [4.78, 5) is 14.3. The number of anilines is 1. The average Bonchev–Trinajstić information content (AvgIpc) is 3.30. The molecule has 0 aliphatic carbocycles. The molecule has 5 aromatic rings. The molecule has 0 unspecified atom stereocenters. The van der Waals surface area contributed by atoms with E-state index in [0.29, 0.717) is 5.82 Å². The second-order valence-electron chi connectivity index (χ2n) is 7.41. The van der Waals surface area contributed by atoms with Crippen molar-refractivity contribution in [3.63, 3.8) is 0 Å². The van der Waals surface area contributed by atoms with Crippen LogP contribution in [0.1, 0.15) is 5.56 Å². The predicted octanol–water partition coefficient (Wildman–Crippen LogP) is 5.15. The number of imidazole rings is 1. The minimum atomic E-state index is 0.669. The average molecular weight is 422 g/mol. The van der Waals surface area contributed by atoms with Gasteiger partial charge in [0, 0.05) is 17.8 Å². The first-order valence-electron chi connectivity index (χ1n) is 10.5. The number of hydrogen-bond donors (Lipinski definition) is 1. The van der Waals surface area contributed by atoms with Crippen LogP contribution in [0.25, 0.3) is 28.2 Å². The van der Waals surface area contributed by atoms with E-state index in [4.69, 9.17) is 14.7 Å². The maximum Gasteiger partial charge on any atom is 0.170 e. The number of fused-ring (bicyclic) bond motifs is 1. The Morgan fingerprint density at radius 3 is 2.28 bits per heavy atom. The molecule has 0 spiro atoms. The number of aromatic nitrogens is 4. The Labute approximate surface area is 186 Å². The second kappa shape index (κ2) is 8.89. The summed E-state index contributed by atoms with van der Waals surface area (Å²) in [5.41, 5.74) is 4.73. The molecule has 32 heavy (non-hydrogen) atoms. The van der Waals surface area contributed by atoms with E-state index in [1.165, 1.54) is 5.56 Å². The summed E-state index contributed by atoms with van der Waals surface area (Å²) < 4.78 is 7.24. The van der Waals surface area contributed by atoms with Gasteiger partial charge in [-0.1, -0.05) is 60.7 Å². The number of ether oxygens (including phenoxy) is 1. The predicted molar refractivity (Wildman–Crippen MR) is 127 cm³/mol. The molecule has 2 heterocycles. The topological polar surface area (TPSA) is 64.9 Å². The van der Waals surface area contributed by atoms with Gasteiger partial charge < -0.3 is 10.1 Å². The monoisotopic (exact) mass is 421 g/mol. The molecule has 0 aliphatic heterocycles. The van der Waals surface area contributed by atoms with E-state index < -0.39 is 0 Å². The number of benzene rings is 3. The highest BCUT2D eigenvalue weighted by Gasteiger charge is 2.15. The van der Waals surface area contributed by atoms with Gasteiger partial charge in [-0.05, 0) is 36.2 Å². The molecule has 6 heteroatoms. The summed E-state index contributed by atoms with van der Waals surface area (Å²) in [7, 11) is 1.68. The zero-order chi connectivity index (χ0) is 21.8. The number of para-hydroxylation sites is 1. The first-order chi connectivity index (χ1) is 15.8. The van der Waals surface area contributed by atoms with Crippen molar-refractivity contribution in [2.24, 2.45) is 0 Å². The third kappa shape index (κ3) is 4.03. The van der Waals surface area contributed by atoms with E-state index in [1.807, 2.05) is 77.4 Å². The molecule has 0 saturated carbocycles. The normalized spacial score (nSPS) is 10.9. The van der Waals surface area contributed by atoms with Gasteiger partial charge in [-0.15, -0.1) is 0 Å². The summed E-state index contributed by atoms with van der Waals surface area (Å²) in [5.74, 6) is 2.26. The Morgan fingerprint density at radius 1 is 0.844 bits per heavy atom. The van der Waals surface area contributed by atoms with Crippen molar-refractivity contribution < 1.29 is 4.74 Å². The van der Waals surface area contributed by atoms with Crippen LogP contribution in [0.15, 0.2) is 91.3 Å². The molecule has 0 atom stereocenters. The number of methoxy groups -OCH3 is 1. The lowest BCUT2D eigenvalue weighted by Gasteiger charge is -2.10. The fourth-order valence-corrected chi connectivity index (χ4v) is 3.63. The number of nitrogens with one attached hydrogen (secondary N) is 1. The highest BCUT2D eigenvalue weighted by atomic mass is 16.5. The minimum absolute atomic E-state index is 0.669. The number of nitrogens with zero attached hydrogens (tertiary/aromatic N) is 4. The summed E-state index contributed by atoms with van der Waals surface area (Å²) >= 11 is 0. The van der Waals surface area contributed by atoms with Crippen LogP contribution in [0, 0.1) is 0 Å². The molecule has 0 bridgehead atoms. The van der Waals surface area contributed by atoms with Gasteiger partial charge in [-0.25, -0.2) is 15.0 Å². The summed E-state index contributed by atoms with van der Waals surface area (Å²) in [5, 5.41) is 3.48. The zero-order valence-corrected chi connectivity index (χ0v) is 17.8. The third-order valence-electron chi connectivity index (χ3n) is 5.33. The molecule has 158 valence electrons. The van der Waals surface area contributed by atoms with Gasteiger partial charge in [0.25, 0.3) is 0 Å². The number of rotatable bonds is 7. The molecule has 6 nitrogen and oxygen atoms in total. The lowest BCUT2D eigenvalue weighted by atomic mass is 10.1. The van der Waals surface area contributed by atoms with E-state index in [-0.39, 0.29) is 0 Å². The van der Waals surface area contributed by atoms with Crippen LogP contribution in [-0.4, -0.2) is 33.2 Å². The quantitative estimate of drug-likeness (QED) is 0.394. The van der Waals surface area contributed by atoms with Crippen molar-refractivity contribution in [3.8, 4) is 22.8 Å². The fraction of sp³-hybridized carbons (Fsp3) is 0.115. The minimum Gasteiger partial charge on any atom is -0.497 e. The lowest BCUT2D eigenvalue weighted by molar-refractivity contribution is 0.414. The standard InChI is InChI=1S/C26H23N5O/c1-32-22-14-12-19(13-15-22)16-17-27-25-23-26(30-24(29-25)20-8-4-2-5-9-20)31(18-28-23)21-10-6-3-7-11-21/h2-15,18H,16-17H2,1H3,(H,27,29,30). The van der Waals surface area contributed by atoms with Crippen molar-refractivity contribution in [3.05, 3.63) is 96.8 Å². The first-order valence-corrected chi connectivity index (χ1v) is 10.5. The van der Waals surface area contributed by atoms with E-state index in [9.17, 15) is 0 Å². The van der Waals surface area contributed by atoms with Crippen LogP contribution in [0.5, 0.6) is 5.75 Å². The molecule has 0 aliphatic rings. The van der Waals surface area contributed by atoms with Crippen LogP contribution in [0.2, 0.25) is 0 Å². The highest BCUT2D eigenvalue weighted by molar-refractivity contribution is 5.86. The molecular formula is C26H23N5O. The Balaban J connectivity index is 1.49. The molecule has 0 amide bonds. The first kappa shape index (κ1) is 19.8. The smallest absolute Gasteiger partial charge is 0.170 e. The van der Waals surface area contributed by atoms with Gasteiger partial charge in [0.05, 0.1) is 7.11 Å². The Kier molecular flexibility index (Phi) is 5.49. The van der Waals surface area contributed by atoms with Crippen molar-refractivity contribution in [2.75, 3.05) is 19.0 Å². The summed E-state index contributed by atoms with van der Waals surface area (Å²) in [6.45, 7) is 0.727. The van der Waals surface area contributed by atoms with E-state index in [0.717, 1.165) is 46.9 Å². The van der Waals surface area contributed by atoms with Gasteiger partial charge in [-0.2, -0.15) is 0 Å². The molecular weight excluding hydrogens is 398 g/mol. The second-order valence-corrected chi connectivity index (χ2v) is 7.41. The van der Waals surface area contributed by atoms with Crippen molar-refractivity contribution in [1.82, 2.24) is 19.5 Å². The van der Waals surface area contributed by atoms with Crippen molar-refractivity contribution >= 4 is 17.0 Å². The Bertz CT molecular complexity index is 1320. The zero-order valence-electron chi connectivity index (χ0n) is 17.8. The molecule has 1 N–H and O–H groups in total. The van der Waals surface area contributed by atoms with Crippen molar-refractivity contribution in [1.29, 1.82) is 0 Å². The maximum absolute atomic E-state index is 5.24. The van der Waals surface area contributed by atoms with E-state index in [2.05, 4.69) is 22.4 Å². The largest absolute Gasteiger partial charge is 0.497 e. The van der Waals surface area contributed by atoms with Crippen LogP contribution in [0.3, 0.4) is 0 Å². The van der Waals surface area contributed by atoms with Gasteiger partial charge in [0.1, 0.15) is 12.1 Å². The van der Waals surface area contributed by atoms with Crippen LogP contribution >= 0.6 is 0 Å². The third-order valence-corrected chi connectivity index (χ3v) is 5.33. The fourth-order valence-electron chi connectivity index (χ4n) is 3.63. The van der Waals surface area contributed by atoms with Crippen LogP contribution < -0.4 is 10.1 Å². The molecule has 0 saturated heterocycles. The van der Waals surface area contributed by atoms with Gasteiger partial charge >= 0.3 is 0 Å². The van der Waals surface area contributed by atoms with E-state index >= 15 is 0 Å². The lowest BCUT2D eigenvalue weighted by Crippen LogP contribution is -2.08. The highest BCUT2D eigenvalue weighted by Crippen LogP contribution is 2.26. The molecule has 2 aromatic heterocycles. The van der Waals surface area contributed by atoms with Gasteiger partial charge in [-0.3, -0.25) is 4.57 Å². The van der Waals surface area contributed by atoms with Gasteiger partial charge in [0.15, 0.2) is 22.8 Å². The van der Waals surface area contributed by atoms with Crippen LogP contribution in [-0.2, 0) is 6.42 Å². The van der Waals surface area contributed by atoms with Crippen LogP contribution in [0.4, 0.5) is 5.82 Å². The Morgan fingerprint density at radius 2 is 1.56 bits per heavy atom. The molecule has 0 radical (unpaired) electrons. The molecule has 0 fully saturated rings. The molecule has 3 aromatic carbocycles. The van der Waals surface area contributed by atoms with Gasteiger partial charge in [0.2, 0.25) is 0 Å². The summed E-state index contributed by atoms with van der Waals surface area (Å²) in [6, 6.07) is 28.2. The number of hydrogen-bond acceptors (Lipinski definition) is 5. The summed E-state index contributed by atoms with van der Waals surface area (Å²) in [6.07, 6.45) is 2.66. The maximum atomic E-state index is 5.24. The Hall–Kier alpha value is -4.19. The van der Waals surface area contributed by atoms with E-state index in [1.54, 1.807) is 13.4 Å². The SMILES string of the molecule is COc1ccc(CCNc2nc(-c3ccccc3)nc3c2ncn3-c2ccccc2)cc1.